The van der Waals surface area contributed by atoms with Crippen LogP contribution in [-0.2, 0) is 19.2 Å². The highest BCUT2D eigenvalue weighted by Crippen LogP contribution is 2.30. The zero-order valence-corrected chi connectivity index (χ0v) is 20.2. The van der Waals surface area contributed by atoms with Crippen LogP contribution in [0.15, 0.2) is 18.3 Å². The van der Waals surface area contributed by atoms with Gasteiger partial charge in [-0.1, -0.05) is 33.1 Å². The number of pyridine rings is 1. The van der Waals surface area contributed by atoms with E-state index in [0.717, 1.165) is 44.9 Å². The smallest absolute Gasteiger partial charge is 0.267 e. The van der Waals surface area contributed by atoms with Crippen LogP contribution in [-0.4, -0.2) is 42.3 Å². The van der Waals surface area contributed by atoms with E-state index in [1.54, 1.807) is 4.90 Å². The van der Waals surface area contributed by atoms with E-state index < -0.39 is 30.0 Å². The molecule has 188 valence electrons. The maximum Gasteiger partial charge on any atom is 0.267 e. The minimum atomic E-state index is -0.657. The Morgan fingerprint density at radius 3 is 2.62 bits per heavy atom. The normalized spacial score (nSPS) is 20.4. The third-order valence-electron chi connectivity index (χ3n) is 6.41. The van der Waals surface area contributed by atoms with Gasteiger partial charge in [0.25, 0.3) is 5.91 Å². The SMILES string of the molecule is CC(C)[C@H](C(N)=O)N(CC1CCCCC1)c1ncc(/C=C/C(=O)NOC2CCCCO2)cc1F. The van der Waals surface area contributed by atoms with Crippen LogP contribution >= 0.6 is 0 Å². The van der Waals surface area contributed by atoms with Crippen molar-refractivity contribution in [3.63, 3.8) is 0 Å². The summed E-state index contributed by atoms with van der Waals surface area (Å²) in [5, 5.41) is 0. The largest absolute Gasteiger partial charge is 0.368 e. The molecule has 1 aliphatic carbocycles. The molecular weight excluding hydrogens is 439 g/mol. The number of ether oxygens (including phenoxy) is 1. The zero-order valence-electron chi connectivity index (χ0n) is 20.2. The van der Waals surface area contributed by atoms with Crippen molar-refractivity contribution in [1.29, 1.82) is 0 Å². The number of carbonyl (C=O) groups is 2. The lowest BCUT2D eigenvalue weighted by Crippen LogP contribution is -2.50. The molecule has 0 aromatic carbocycles. The van der Waals surface area contributed by atoms with Crippen LogP contribution in [0.3, 0.4) is 0 Å². The molecule has 2 heterocycles. The number of primary amides is 1. The van der Waals surface area contributed by atoms with Gasteiger partial charge in [-0.2, -0.15) is 0 Å². The number of hydroxylamine groups is 1. The summed E-state index contributed by atoms with van der Waals surface area (Å²) in [5.74, 6) is -1.15. The van der Waals surface area contributed by atoms with Gasteiger partial charge in [-0.15, -0.1) is 0 Å². The van der Waals surface area contributed by atoms with E-state index in [1.165, 1.54) is 30.8 Å². The minimum absolute atomic E-state index is 0.0984. The molecule has 3 N–H and O–H groups in total. The first kappa shape index (κ1) is 26.1. The van der Waals surface area contributed by atoms with Gasteiger partial charge < -0.3 is 15.4 Å². The minimum Gasteiger partial charge on any atom is -0.368 e. The molecular formula is C25H37FN4O4. The average Bonchev–Trinajstić information content (AvgIpc) is 2.82. The molecule has 1 aromatic heterocycles. The quantitative estimate of drug-likeness (QED) is 0.394. The Bertz CT molecular complexity index is 851. The fourth-order valence-electron chi connectivity index (χ4n) is 4.70. The summed E-state index contributed by atoms with van der Waals surface area (Å²) in [6, 6.07) is 0.652. The zero-order chi connectivity index (χ0) is 24.5. The van der Waals surface area contributed by atoms with Crippen molar-refractivity contribution in [2.45, 2.75) is 77.5 Å². The molecule has 8 nitrogen and oxygen atoms in total. The molecule has 1 unspecified atom stereocenters. The fourth-order valence-corrected chi connectivity index (χ4v) is 4.70. The number of hydrogen-bond acceptors (Lipinski definition) is 6. The highest BCUT2D eigenvalue weighted by molar-refractivity contribution is 5.91. The number of hydrogen-bond donors (Lipinski definition) is 2. The lowest BCUT2D eigenvalue weighted by Gasteiger charge is -2.37. The molecule has 1 saturated carbocycles. The van der Waals surface area contributed by atoms with Gasteiger partial charge in [0.2, 0.25) is 5.91 Å². The Kier molecular flexibility index (Phi) is 9.83. The third-order valence-corrected chi connectivity index (χ3v) is 6.41. The molecule has 1 saturated heterocycles. The third kappa shape index (κ3) is 7.50. The molecule has 0 spiro atoms. The number of rotatable bonds is 10. The van der Waals surface area contributed by atoms with Crippen LogP contribution < -0.4 is 16.1 Å². The number of halogens is 1. The van der Waals surface area contributed by atoms with E-state index in [1.807, 2.05) is 13.8 Å². The van der Waals surface area contributed by atoms with E-state index in [4.69, 9.17) is 15.3 Å². The van der Waals surface area contributed by atoms with Gasteiger partial charge in [0, 0.05) is 31.8 Å². The predicted octanol–water partition coefficient (Wildman–Crippen LogP) is 3.70. The second-order valence-electron chi connectivity index (χ2n) is 9.54. The van der Waals surface area contributed by atoms with Gasteiger partial charge in [0.1, 0.15) is 6.04 Å². The van der Waals surface area contributed by atoms with E-state index in [-0.39, 0.29) is 11.7 Å². The maximum absolute atomic E-state index is 15.2. The summed E-state index contributed by atoms with van der Waals surface area (Å²) in [4.78, 5) is 35.6. The summed E-state index contributed by atoms with van der Waals surface area (Å²) in [7, 11) is 0. The van der Waals surface area contributed by atoms with Gasteiger partial charge in [-0.25, -0.2) is 19.7 Å². The van der Waals surface area contributed by atoms with Crippen LogP contribution in [0.25, 0.3) is 6.08 Å². The number of nitrogens with zero attached hydrogens (tertiary/aromatic N) is 2. The lowest BCUT2D eigenvalue weighted by molar-refractivity contribution is -0.198. The number of amides is 2. The van der Waals surface area contributed by atoms with Gasteiger partial charge in [-0.3, -0.25) is 9.59 Å². The summed E-state index contributed by atoms with van der Waals surface area (Å²) in [5.41, 5.74) is 8.46. The Hall–Kier alpha value is -2.52. The molecule has 2 atom stereocenters. The van der Waals surface area contributed by atoms with E-state index >= 15 is 4.39 Å². The monoisotopic (exact) mass is 476 g/mol. The summed E-state index contributed by atoms with van der Waals surface area (Å²) in [6.07, 6.45) is 12.0. The molecule has 0 radical (unpaired) electrons. The van der Waals surface area contributed by atoms with Gasteiger partial charge in [-0.05, 0) is 55.2 Å². The number of carbonyl (C=O) groups excluding carboxylic acids is 2. The second kappa shape index (κ2) is 12.8. The molecule has 1 aromatic rings. The number of anilines is 1. The lowest BCUT2D eigenvalue weighted by atomic mass is 9.88. The first-order valence-corrected chi connectivity index (χ1v) is 12.3. The summed E-state index contributed by atoms with van der Waals surface area (Å²) in [6.45, 7) is 4.95. The first-order chi connectivity index (χ1) is 16.3. The van der Waals surface area contributed by atoms with Crippen LogP contribution in [0, 0.1) is 17.7 Å². The Balaban J connectivity index is 1.70. The highest BCUT2D eigenvalue weighted by Gasteiger charge is 2.32. The maximum atomic E-state index is 15.2. The van der Waals surface area contributed by atoms with Crippen molar-refractivity contribution in [2.24, 2.45) is 17.6 Å². The van der Waals surface area contributed by atoms with E-state index in [2.05, 4.69) is 10.5 Å². The first-order valence-electron chi connectivity index (χ1n) is 12.3. The van der Waals surface area contributed by atoms with Crippen molar-refractivity contribution in [3.05, 3.63) is 29.7 Å². The topological polar surface area (TPSA) is 107 Å². The van der Waals surface area contributed by atoms with Crippen LogP contribution in [0.2, 0.25) is 0 Å². The second-order valence-corrected chi connectivity index (χ2v) is 9.54. The molecule has 3 rings (SSSR count). The molecule has 34 heavy (non-hydrogen) atoms. The van der Waals surface area contributed by atoms with Crippen molar-refractivity contribution in [1.82, 2.24) is 10.5 Å². The molecule has 9 heteroatoms. The van der Waals surface area contributed by atoms with Crippen molar-refractivity contribution in [2.75, 3.05) is 18.1 Å². The molecule has 2 fully saturated rings. The highest BCUT2D eigenvalue weighted by atomic mass is 19.1. The number of nitrogens with two attached hydrogens (primary N) is 1. The molecule has 1 aliphatic heterocycles. The Labute approximate surface area is 201 Å². The molecule has 0 bridgehead atoms. The van der Waals surface area contributed by atoms with Crippen molar-refractivity contribution < 1.29 is 23.6 Å². The molecule has 2 aliphatic rings. The van der Waals surface area contributed by atoms with E-state index in [0.29, 0.717) is 24.6 Å². The van der Waals surface area contributed by atoms with Crippen molar-refractivity contribution >= 4 is 23.7 Å². The Morgan fingerprint density at radius 2 is 2.00 bits per heavy atom. The predicted molar refractivity (Wildman–Crippen MR) is 128 cm³/mol. The van der Waals surface area contributed by atoms with Crippen LogP contribution in [0.1, 0.15) is 70.8 Å². The summed E-state index contributed by atoms with van der Waals surface area (Å²) >= 11 is 0. The van der Waals surface area contributed by atoms with E-state index in [9.17, 15) is 9.59 Å². The fraction of sp³-hybridized carbons (Fsp3) is 0.640. The van der Waals surface area contributed by atoms with Gasteiger partial charge in [0.15, 0.2) is 17.9 Å². The van der Waals surface area contributed by atoms with Gasteiger partial charge >= 0.3 is 0 Å². The van der Waals surface area contributed by atoms with Crippen molar-refractivity contribution in [3.8, 4) is 0 Å². The number of aromatic nitrogens is 1. The number of nitrogens with one attached hydrogen (secondary N) is 1. The van der Waals surface area contributed by atoms with Crippen LogP contribution in [0.4, 0.5) is 10.2 Å². The van der Waals surface area contributed by atoms with Crippen LogP contribution in [0.5, 0.6) is 0 Å². The molecule has 2 amide bonds. The Morgan fingerprint density at radius 1 is 1.26 bits per heavy atom. The van der Waals surface area contributed by atoms with Gasteiger partial charge in [0.05, 0.1) is 0 Å². The summed E-state index contributed by atoms with van der Waals surface area (Å²) < 4.78 is 20.6. The standard InChI is InChI=1S/C25H37FN4O4/c1-17(2)23(24(27)32)30(16-18-8-4-3-5-9-18)25-20(26)14-19(15-28-25)11-12-21(31)29-34-22-10-6-7-13-33-22/h11-12,14-15,17-18,22-23H,3-10,13,16H2,1-2H3,(H2,27,32)(H,29,31)/b12-11+/t22?,23-/m1/s1. The average molecular weight is 477 g/mol.